The molecule has 0 saturated carbocycles. The van der Waals surface area contributed by atoms with Crippen molar-refractivity contribution in [1.29, 1.82) is 0 Å². The maximum absolute atomic E-state index is 13.5. The fourth-order valence-corrected chi connectivity index (χ4v) is 2.22. The average molecular weight is 303 g/mol. The molecule has 0 aliphatic rings. The Labute approximate surface area is 119 Å². The van der Waals surface area contributed by atoms with Crippen molar-refractivity contribution >= 4 is 23.2 Å². The van der Waals surface area contributed by atoms with Gasteiger partial charge in [0.2, 0.25) is 0 Å². The molecule has 0 heterocycles. The summed E-state index contributed by atoms with van der Waals surface area (Å²) in [5, 5.41) is 10.6. The molecule has 1 atom stereocenters. The van der Waals surface area contributed by atoms with E-state index in [1.54, 1.807) is 0 Å². The topological polar surface area (TPSA) is 20.2 Å². The van der Waals surface area contributed by atoms with E-state index < -0.39 is 17.7 Å². The van der Waals surface area contributed by atoms with Crippen LogP contribution < -0.4 is 0 Å². The minimum absolute atomic E-state index is 0.00776. The summed E-state index contributed by atoms with van der Waals surface area (Å²) in [4.78, 5) is 0. The molecule has 0 amide bonds. The summed E-state index contributed by atoms with van der Waals surface area (Å²) in [6, 6.07) is 7.82. The molecule has 2 rings (SSSR count). The molecule has 100 valence electrons. The standard InChI is InChI=1S/C14H10Cl2F2O/c15-10-1-2-13(18)8(3-10)6-14(19)9-4-11(16)7-12(17)5-9/h1-5,7,14,19H,6H2. The summed E-state index contributed by atoms with van der Waals surface area (Å²) >= 11 is 11.5. The van der Waals surface area contributed by atoms with Crippen LogP contribution in [-0.2, 0) is 6.42 Å². The Balaban J connectivity index is 2.25. The summed E-state index contributed by atoms with van der Waals surface area (Å²) in [5.74, 6) is -1.01. The van der Waals surface area contributed by atoms with Crippen LogP contribution in [0.5, 0.6) is 0 Å². The second-order valence-corrected chi connectivity index (χ2v) is 5.03. The molecule has 2 aromatic carbocycles. The molecule has 0 aliphatic heterocycles. The second kappa shape index (κ2) is 5.87. The van der Waals surface area contributed by atoms with Gasteiger partial charge in [-0.1, -0.05) is 23.2 Å². The van der Waals surface area contributed by atoms with Gasteiger partial charge in [0.1, 0.15) is 11.6 Å². The van der Waals surface area contributed by atoms with Gasteiger partial charge in [0.15, 0.2) is 0 Å². The van der Waals surface area contributed by atoms with Crippen molar-refractivity contribution in [3.63, 3.8) is 0 Å². The first-order chi connectivity index (χ1) is 8.95. The Morgan fingerprint density at radius 3 is 2.42 bits per heavy atom. The molecule has 19 heavy (non-hydrogen) atoms. The van der Waals surface area contributed by atoms with Crippen molar-refractivity contribution in [2.75, 3.05) is 0 Å². The fourth-order valence-electron chi connectivity index (χ4n) is 1.79. The summed E-state index contributed by atoms with van der Waals surface area (Å²) in [6.45, 7) is 0. The van der Waals surface area contributed by atoms with Crippen LogP contribution in [0.1, 0.15) is 17.2 Å². The van der Waals surface area contributed by atoms with Crippen molar-refractivity contribution < 1.29 is 13.9 Å². The Hall–Kier alpha value is -1.16. The molecule has 1 N–H and O–H groups in total. The zero-order valence-electron chi connectivity index (χ0n) is 9.71. The van der Waals surface area contributed by atoms with Crippen LogP contribution in [0.25, 0.3) is 0 Å². The van der Waals surface area contributed by atoms with Crippen molar-refractivity contribution in [3.8, 4) is 0 Å². The van der Waals surface area contributed by atoms with Gasteiger partial charge in [0.05, 0.1) is 6.10 Å². The third-order valence-corrected chi connectivity index (χ3v) is 3.14. The molecule has 2 aromatic rings. The lowest BCUT2D eigenvalue weighted by Crippen LogP contribution is -2.04. The van der Waals surface area contributed by atoms with Crippen LogP contribution in [0, 0.1) is 11.6 Å². The molecular formula is C14H10Cl2F2O. The van der Waals surface area contributed by atoms with E-state index in [0.717, 1.165) is 6.07 Å². The molecule has 1 nitrogen and oxygen atoms in total. The van der Waals surface area contributed by atoms with Crippen molar-refractivity contribution in [2.24, 2.45) is 0 Å². The van der Waals surface area contributed by atoms with Gasteiger partial charge in [0.25, 0.3) is 0 Å². The van der Waals surface area contributed by atoms with E-state index in [0.29, 0.717) is 10.6 Å². The molecule has 0 bridgehead atoms. The van der Waals surface area contributed by atoms with Crippen molar-refractivity contribution in [3.05, 3.63) is 69.2 Å². The summed E-state index contributed by atoms with van der Waals surface area (Å²) in [7, 11) is 0. The van der Waals surface area contributed by atoms with Crippen LogP contribution in [-0.4, -0.2) is 5.11 Å². The van der Waals surface area contributed by atoms with Crippen LogP contribution in [0.15, 0.2) is 36.4 Å². The third-order valence-electron chi connectivity index (χ3n) is 2.69. The number of benzene rings is 2. The first kappa shape index (κ1) is 14.3. The van der Waals surface area contributed by atoms with Gasteiger partial charge in [-0.2, -0.15) is 0 Å². The first-order valence-electron chi connectivity index (χ1n) is 5.53. The molecule has 1 unspecified atom stereocenters. The van der Waals surface area contributed by atoms with E-state index in [-0.39, 0.29) is 17.0 Å². The highest BCUT2D eigenvalue weighted by Gasteiger charge is 2.13. The number of hydrogen-bond donors (Lipinski definition) is 1. The molecular weight excluding hydrogens is 293 g/mol. The number of hydrogen-bond acceptors (Lipinski definition) is 1. The molecule has 0 fully saturated rings. The summed E-state index contributed by atoms with van der Waals surface area (Å²) in [5.41, 5.74) is 0.560. The average Bonchev–Trinajstić information content (AvgIpc) is 2.32. The maximum Gasteiger partial charge on any atom is 0.126 e. The van der Waals surface area contributed by atoms with Gasteiger partial charge in [-0.15, -0.1) is 0 Å². The van der Waals surface area contributed by atoms with Crippen molar-refractivity contribution in [2.45, 2.75) is 12.5 Å². The lowest BCUT2D eigenvalue weighted by Gasteiger charge is -2.12. The van der Waals surface area contributed by atoms with Gasteiger partial charge in [-0.05, 0) is 47.5 Å². The van der Waals surface area contributed by atoms with E-state index in [2.05, 4.69) is 0 Å². The van der Waals surface area contributed by atoms with Crippen LogP contribution >= 0.6 is 23.2 Å². The molecule has 0 radical (unpaired) electrons. The van der Waals surface area contributed by atoms with Crippen LogP contribution in [0.2, 0.25) is 10.0 Å². The van der Waals surface area contributed by atoms with E-state index in [4.69, 9.17) is 23.2 Å². The van der Waals surface area contributed by atoms with Gasteiger partial charge >= 0.3 is 0 Å². The fraction of sp³-hybridized carbons (Fsp3) is 0.143. The van der Waals surface area contributed by atoms with Gasteiger partial charge in [0, 0.05) is 16.5 Å². The largest absolute Gasteiger partial charge is 0.388 e. The highest BCUT2D eigenvalue weighted by atomic mass is 35.5. The predicted molar refractivity (Wildman–Crippen MR) is 71.5 cm³/mol. The predicted octanol–water partition coefficient (Wildman–Crippen LogP) is 4.55. The maximum atomic E-state index is 13.5. The van der Waals surface area contributed by atoms with Gasteiger partial charge in [-0.25, -0.2) is 8.78 Å². The highest BCUT2D eigenvalue weighted by molar-refractivity contribution is 6.30. The zero-order chi connectivity index (χ0) is 14.0. The highest BCUT2D eigenvalue weighted by Crippen LogP contribution is 2.25. The van der Waals surface area contributed by atoms with Crippen LogP contribution in [0.3, 0.4) is 0 Å². The van der Waals surface area contributed by atoms with E-state index in [1.165, 1.54) is 30.3 Å². The number of halogens is 4. The molecule has 0 saturated heterocycles. The van der Waals surface area contributed by atoms with Gasteiger partial charge < -0.3 is 5.11 Å². The number of aliphatic hydroxyl groups is 1. The van der Waals surface area contributed by atoms with Crippen molar-refractivity contribution in [1.82, 2.24) is 0 Å². The van der Waals surface area contributed by atoms with Crippen LogP contribution in [0.4, 0.5) is 8.78 Å². The van der Waals surface area contributed by atoms with E-state index in [9.17, 15) is 13.9 Å². The van der Waals surface area contributed by atoms with E-state index >= 15 is 0 Å². The Morgan fingerprint density at radius 1 is 1.00 bits per heavy atom. The number of rotatable bonds is 3. The quantitative estimate of drug-likeness (QED) is 0.882. The Kier molecular flexibility index (Phi) is 4.40. The normalized spacial score (nSPS) is 12.5. The Bertz CT molecular complexity index is 582. The first-order valence-corrected chi connectivity index (χ1v) is 6.29. The third kappa shape index (κ3) is 3.66. The minimum Gasteiger partial charge on any atom is -0.388 e. The lowest BCUT2D eigenvalue weighted by atomic mass is 10.0. The van der Waals surface area contributed by atoms with Gasteiger partial charge in [-0.3, -0.25) is 0 Å². The smallest absolute Gasteiger partial charge is 0.126 e. The molecule has 0 spiro atoms. The van der Waals surface area contributed by atoms with E-state index in [1.807, 2.05) is 0 Å². The summed E-state index contributed by atoms with van der Waals surface area (Å²) < 4.78 is 26.7. The monoisotopic (exact) mass is 302 g/mol. The number of aliphatic hydroxyl groups excluding tert-OH is 1. The summed E-state index contributed by atoms with van der Waals surface area (Å²) in [6.07, 6.45) is -1.06. The lowest BCUT2D eigenvalue weighted by molar-refractivity contribution is 0.176. The molecule has 5 heteroatoms. The Morgan fingerprint density at radius 2 is 1.74 bits per heavy atom. The second-order valence-electron chi connectivity index (χ2n) is 4.16. The molecule has 0 aromatic heterocycles. The SMILES string of the molecule is OC(Cc1cc(Cl)ccc1F)c1cc(F)cc(Cl)c1. The zero-order valence-corrected chi connectivity index (χ0v) is 11.2. The minimum atomic E-state index is -1.05. The molecule has 0 aliphatic carbocycles.